The van der Waals surface area contributed by atoms with Crippen LogP contribution in [0.1, 0.15) is 34.7 Å². The fraction of sp³-hybridized carbons (Fsp3) is 0.156. The summed E-state index contributed by atoms with van der Waals surface area (Å²) in [4.78, 5) is 29.9. The van der Waals surface area contributed by atoms with Crippen molar-refractivity contribution in [2.45, 2.75) is 35.2 Å². The van der Waals surface area contributed by atoms with E-state index in [0.717, 1.165) is 11.1 Å². The smallest absolute Gasteiger partial charge is 0.475 e. The lowest BCUT2D eigenvalue weighted by Crippen LogP contribution is -2.31. The molecule has 4 aromatic carbocycles. The molecule has 3 heterocycles. The second-order valence-corrected chi connectivity index (χ2v) is 14.9. The van der Waals surface area contributed by atoms with Crippen LogP contribution in [0.25, 0.3) is 33.2 Å². The second kappa shape index (κ2) is 13.6. The lowest BCUT2D eigenvalue weighted by Gasteiger charge is -2.17. The molecule has 2 atom stereocenters. The van der Waals surface area contributed by atoms with Crippen LogP contribution >= 0.6 is 0 Å². The van der Waals surface area contributed by atoms with Gasteiger partial charge in [-0.3, -0.25) is 14.1 Å². The number of alkyl halides is 3. The van der Waals surface area contributed by atoms with E-state index < -0.39 is 49.4 Å². The Kier molecular flexibility index (Phi) is 9.36. The van der Waals surface area contributed by atoms with E-state index in [4.69, 9.17) is 14.5 Å². The molecule has 14 nitrogen and oxygen atoms in total. The Bertz CT molecular complexity index is 2400. The Morgan fingerprint density at radius 3 is 2.14 bits per heavy atom. The van der Waals surface area contributed by atoms with Crippen LogP contribution in [-0.2, 0) is 36.1 Å². The van der Waals surface area contributed by atoms with Gasteiger partial charge in [-0.25, -0.2) is 36.3 Å². The molecule has 1 unspecified atom stereocenters. The fourth-order valence-corrected chi connectivity index (χ4v) is 7.92. The molecule has 264 valence electrons. The van der Waals surface area contributed by atoms with E-state index in [0.29, 0.717) is 33.2 Å². The highest BCUT2D eigenvalue weighted by molar-refractivity contribution is 7.90. The fourth-order valence-electron chi connectivity index (χ4n) is 5.30. The van der Waals surface area contributed by atoms with Gasteiger partial charge >= 0.3 is 12.1 Å². The first-order chi connectivity index (χ1) is 24.1. The molecule has 2 aromatic heterocycles. The molecule has 4 N–H and O–H groups in total. The van der Waals surface area contributed by atoms with Gasteiger partial charge in [-0.15, -0.1) is 0 Å². The number of amides is 1. The van der Waals surface area contributed by atoms with E-state index in [-0.39, 0.29) is 23.6 Å². The minimum Gasteiger partial charge on any atom is -0.475 e. The van der Waals surface area contributed by atoms with Gasteiger partial charge in [0.05, 0.1) is 28.4 Å². The van der Waals surface area contributed by atoms with Gasteiger partial charge in [0, 0.05) is 0 Å². The van der Waals surface area contributed by atoms with Gasteiger partial charge in [0.25, 0.3) is 0 Å². The molecule has 0 bridgehead atoms. The minimum atomic E-state index is -5.08. The second-order valence-electron chi connectivity index (χ2n) is 11.3. The van der Waals surface area contributed by atoms with Crippen LogP contribution in [0.2, 0.25) is 0 Å². The molecular weight excluding hydrogens is 718 g/mol. The average molecular weight is 743 g/mol. The van der Waals surface area contributed by atoms with Crippen molar-refractivity contribution in [3.63, 3.8) is 0 Å². The number of nitrogens with zero attached hydrogens (tertiary/aromatic N) is 3. The number of carboxylic acid groups (broad SMARTS) is 1. The number of aliphatic carboxylic acids is 1. The van der Waals surface area contributed by atoms with Gasteiger partial charge in [-0.05, 0) is 52.9 Å². The largest absolute Gasteiger partial charge is 0.490 e. The Morgan fingerprint density at radius 1 is 0.941 bits per heavy atom. The molecule has 0 radical (unpaired) electrons. The zero-order chi connectivity index (χ0) is 36.6. The summed E-state index contributed by atoms with van der Waals surface area (Å²) in [5.41, 5.74) is 5.22. The maximum atomic E-state index is 13.6. The minimum absolute atomic E-state index is 0.0800. The number of hydrogen-bond acceptors (Lipinski definition) is 10. The molecule has 51 heavy (non-hydrogen) atoms. The van der Waals surface area contributed by atoms with E-state index in [1.54, 1.807) is 60.7 Å². The van der Waals surface area contributed by atoms with Crippen molar-refractivity contribution in [2.24, 2.45) is 0 Å². The molecule has 1 saturated heterocycles. The maximum Gasteiger partial charge on any atom is 0.490 e. The number of rotatable bonds is 8. The van der Waals surface area contributed by atoms with Crippen LogP contribution in [0.4, 0.5) is 13.2 Å². The third-order valence-electron chi connectivity index (χ3n) is 7.78. The Labute approximate surface area is 286 Å². The SMILES string of the molecule is O=C(O)C(F)(F)F.O=C1CC(c2ccc(C[C@H](NS(=O)(=O)c3ccc(-c4ccccc4)cc3)c3nc4cc5no[nH]c5cc4n3)cc2)S(=O)(=O)N1. The Morgan fingerprint density at radius 2 is 1.55 bits per heavy atom. The van der Waals surface area contributed by atoms with Gasteiger partial charge in [-0.1, -0.05) is 71.9 Å². The molecule has 0 aliphatic carbocycles. The first-order valence-electron chi connectivity index (χ1n) is 14.8. The molecule has 1 amide bonds. The van der Waals surface area contributed by atoms with E-state index in [2.05, 4.69) is 25.0 Å². The van der Waals surface area contributed by atoms with Crippen LogP contribution in [0.5, 0.6) is 0 Å². The lowest BCUT2D eigenvalue weighted by molar-refractivity contribution is -0.192. The number of hydrogen-bond donors (Lipinski definition) is 4. The lowest BCUT2D eigenvalue weighted by atomic mass is 10.0. The van der Waals surface area contributed by atoms with E-state index >= 15 is 0 Å². The summed E-state index contributed by atoms with van der Waals surface area (Å²) in [7, 11) is -7.82. The van der Waals surface area contributed by atoms with Gasteiger partial charge in [0.1, 0.15) is 22.1 Å². The topological polar surface area (TPSA) is 214 Å². The summed E-state index contributed by atoms with van der Waals surface area (Å²) in [6.45, 7) is 0. The van der Waals surface area contributed by atoms with Gasteiger partial charge in [-0.2, -0.15) is 18.3 Å². The van der Waals surface area contributed by atoms with Crippen molar-refractivity contribution in [1.82, 2.24) is 29.7 Å². The summed E-state index contributed by atoms with van der Waals surface area (Å²) in [5, 5.41) is 12.7. The first kappa shape index (κ1) is 35.2. The summed E-state index contributed by atoms with van der Waals surface area (Å²) < 4.78 is 93.4. The third kappa shape index (κ3) is 7.89. The van der Waals surface area contributed by atoms with E-state index in [9.17, 15) is 34.8 Å². The predicted octanol–water partition coefficient (Wildman–Crippen LogP) is 4.55. The van der Waals surface area contributed by atoms with Crippen molar-refractivity contribution in [2.75, 3.05) is 0 Å². The molecular formula is C32H25F3N6O8S2. The summed E-state index contributed by atoms with van der Waals surface area (Å²) >= 11 is 0. The number of fused-ring (bicyclic) bond motifs is 2. The Hall–Kier alpha value is -5.66. The quantitative estimate of drug-likeness (QED) is 0.170. The zero-order valence-electron chi connectivity index (χ0n) is 25.8. The predicted molar refractivity (Wildman–Crippen MR) is 175 cm³/mol. The number of carbonyl (C=O) groups is 2. The number of imidazole rings is 1. The molecule has 1 fully saturated rings. The highest BCUT2D eigenvalue weighted by Crippen LogP contribution is 2.31. The highest BCUT2D eigenvalue weighted by Gasteiger charge is 2.39. The number of sulfonamides is 2. The molecule has 1 aliphatic heterocycles. The average Bonchev–Trinajstić information content (AvgIpc) is 3.79. The number of carboxylic acids is 1. The van der Waals surface area contributed by atoms with Gasteiger partial charge < -0.3 is 5.11 Å². The molecule has 0 spiro atoms. The van der Waals surface area contributed by atoms with Crippen molar-refractivity contribution in [3.8, 4) is 11.1 Å². The molecule has 19 heteroatoms. The van der Waals surface area contributed by atoms with Crippen LogP contribution < -0.4 is 9.44 Å². The number of aromatic amines is 1. The molecule has 7 rings (SSSR count). The van der Waals surface area contributed by atoms with Gasteiger partial charge in [0.2, 0.25) is 26.0 Å². The number of nitrogens with one attached hydrogen (secondary N) is 3. The number of aromatic nitrogens is 4. The van der Waals surface area contributed by atoms with Crippen LogP contribution in [0.3, 0.4) is 0 Å². The number of halogens is 3. The number of benzene rings is 4. The zero-order valence-corrected chi connectivity index (χ0v) is 27.5. The molecule has 1 aliphatic rings. The molecule has 6 aromatic rings. The van der Waals surface area contributed by atoms with Crippen LogP contribution in [0.15, 0.2) is 101 Å². The maximum absolute atomic E-state index is 13.6. The van der Waals surface area contributed by atoms with E-state index in [1.807, 2.05) is 35.1 Å². The standard InChI is InChI=1S/C30H24N6O6S2.C2HF3O2/c37-29-17-28(44(40,41)36-29)21-8-6-18(7-9-21)14-27(30-31-23-15-25-26(34-42-33-25)16-24(23)32-30)35-43(38,39)22-12-10-20(11-13-22)19-4-2-1-3-5-19;3-2(4,5)1(6)7/h1-13,15-16,27-28,33,35H,14,17H2,(H,36,37);(H,6,7)/t27-,28?;/m0./s1. The third-order valence-corrected chi connectivity index (χ3v) is 11.0. The summed E-state index contributed by atoms with van der Waals surface area (Å²) in [6.07, 6.45) is -5.07. The monoisotopic (exact) mass is 742 g/mol. The van der Waals surface area contributed by atoms with Crippen molar-refractivity contribution < 1.29 is 49.3 Å². The van der Waals surface area contributed by atoms with Crippen molar-refractivity contribution >= 4 is 54.0 Å². The number of H-pyrrole nitrogens is 1. The van der Waals surface area contributed by atoms with Crippen LogP contribution in [-0.4, -0.2) is 60.3 Å². The number of carbonyl (C=O) groups excluding carboxylic acids is 1. The van der Waals surface area contributed by atoms with Crippen LogP contribution in [0, 0.1) is 0 Å². The van der Waals surface area contributed by atoms with Crippen molar-refractivity contribution in [1.29, 1.82) is 0 Å². The van der Waals surface area contributed by atoms with E-state index in [1.165, 1.54) is 0 Å². The summed E-state index contributed by atoms with van der Waals surface area (Å²) in [6, 6.07) is 25.5. The molecule has 0 saturated carbocycles. The normalized spacial score (nSPS) is 16.4. The first-order valence-corrected chi connectivity index (χ1v) is 17.8. The van der Waals surface area contributed by atoms with Crippen molar-refractivity contribution in [3.05, 3.63) is 108 Å². The van der Waals surface area contributed by atoms with Gasteiger partial charge in [0.15, 0.2) is 0 Å². The summed E-state index contributed by atoms with van der Waals surface area (Å²) in [5.74, 6) is -3.05. The highest BCUT2D eigenvalue weighted by atomic mass is 32.2. The Balaban J connectivity index is 0.000000582.